The Hall–Kier alpha value is -3.88. The van der Waals surface area contributed by atoms with Gasteiger partial charge in [0.25, 0.3) is 0 Å². The van der Waals surface area contributed by atoms with E-state index in [0.29, 0.717) is 19.3 Å². The van der Waals surface area contributed by atoms with Crippen molar-refractivity contribution in [2.75, 3.05) is 18.0 Å². The molecule has 2 heterocycles. The van der Waals surface area contributed by atoms with E-state index in [2.05, 4.69) is 10.3 Å². The summed E-state index contributed by atoms with van der Waals surface area (Å²) in [5.74, 6) is -3.17. The second-order valence-electron chi connectivity index (χ2n) is 8.33. The number of amides is 2. The third-order valence-electron chi connectivity index (χ3n) is 5.83. The lowest BCUT2D eigenvalue weighted by atomic mass is 9.98. The van der Waals surface area contributed by atoms with E-state index < -0.39 is 29.6 Å². The van der Waals surface area contributed by atoms with Crippen LogP contribution in [-0.2, 0) is 22.4 Å². The predicted molar refractivity (Wildman–Crippen MR) is 124 cm³/mol. The van der Waals surface area contributed by atoms with Crippen LogP contribution >= 0.6 is 0 Å². The molecule has 1 atom stereocenters. The Balaban J connectivity index is 1.46. The molecule has 182 valence electrons. The Labute approximate surface area is 200 Å². The van der Waals surface area contributed by atoms with Crippen LogP contribution in [0.2, 0.25) is 0 Å². The number of anilines is 1. The highest BCUT2D eigenvalue weighted by Crippen LogP contribution is 2.32. The summed E-state index contributed by atoms with van der Waals surface area (Å²) in [5, 5.41) is 2.56. The van der Waals surface area contributed by atoms with Crippen molar-refractivity contribution >= 4 is 17.7 Å². The Morgan fingerprint density at radius 3 is 2.51 bits per heavy atom. The van der Waals surface area contributed by atoms with Gasteiger partial charge in [-0.1, -0.05) is 12.1 Å². The van der Waals surface area contributed by atoms with Gasteiger partial charge in [0.2, 0.25) is 5.91 Å². The van der Waals surface area contributed by atoms with Crippen LogP contribution in [0.1, 0.15) is 24.5 Å². The highest BCUT2D eigenvalue weighted by molar-refractivity contribution is 5.90. The van der Waals surface area contributed by atoms with E-state index in [1.54, 1.807) is 12.4 Å². The maximum atomic E-state index is 14.9. The first-order valence-corrected chi connectivity index (χ1v) is 11.2. The van der Waals surface area contributed by atoms with E-state index in [-0.39, 0.29) is 41.4 Å². The molecule has 1 aromatic heterocycles. The summed E-state index contributed by atoms with van der Waals surface area (Å²) in [6, 6.07) is 10.4. The van der Waals surface area contributed by atoms with E-state index >= 15 is 0 Å². The standard InChI is InChI=1S/C26H24F3N3O3/c1-16(33)31-14-20-15-32(26(34)35-20)19-6-8-21(23(27)13-19)22-7-5-18(24(28)25(22)29)4-2-3-17-9-11-30-12-10-17/h5-13,20H,2-4,14-15H2,1H3,(H,31,33)/t20-/m0/s1. The molecule has 6 nitrogen and oxygen atoms in total. The number of pyridine rings is 1. The van der Waals surface area contributed by atoms with Gasteiger partial charge in [0, 0.05) is 30.4 Å². The summed E-state index contributed by atoms with van der Waals surface area (Å²) >= 11 is 0. The summed E-state index contributed by atoms with van der Waals surface area (Å²) < 4.78 is 49.7. The molecule has 0 bridgehead atoms. The lowest BCUT2D eigenvalue weighted by Gasteiger charge is -2.15. The van der Waals surface area contributed by atoms with Crippen molar-refractivity contribution in [1.82, 2.24) is 10.3 Å². The van der Waals surface area contributed by atoms with Gasteiger partial charge in [0.05, 0.1) is 18.8 Å². The Bertz CT molecular complexity index is 1240. The maximum Gasteiger partial charge on any atom is 0.414 e. The van der Waals surface area contributed by atoms with Gasteiger partial charge in [-0.05, 0) is 60.7 Å². The van der Waals surface area contributed by atoms with Crippen molar-refractivity contribution < 1.29 is 27.5 Å². The topological polar surface area (TPSA) is 71.5 Å². The van der Waals surface area contributed by atoms with Crippen LogP contribution in [0.25, 0.3) is 11.1 Å². The summed E-state index contributed by atoms with van der Waals surface area (Å²) in [4.78, 5) is 28.4. The average Bonchev–Trinajstić information content (AvgIpc) is 3.22. The lowest BCUT2D eigenvalue weighted by molar-refractivity contribution is -0.119. The maximum absolute atomic E-state index is 14.9. The van der Waals surface area contributed by atoms with Gasteiger partial charge in [-0.15, -0.1) is 0 Å². The highest BCUT2D eigenvalue weighted by atomic mass is 19.2. The zero-order valence-electron chi connectivity index (χ0n) is 19.1. The van der Waals surface area contributed by atoms with Gasteiger partial charge in [-0.25, -0.2) is 18.0 Å². The minimum absolute atomic E-state index is 0.115. The van der Waals surface area contributed by atoms with Crippen molar-refractivity contribution in [2.45, 2.75) is 32.3 Å². The fourth-order valence-corrected chi connectivity index (χ4v) is 4.01. The first-order chi connectivity index (χ1) is 16.8. The number of ether oxygens (including phenoxy) is 1. The van der Waals surface area contributed by atoms with E-state index in [1.807, 2.05) is 12.1 Å². The molecule has 9 heteroatoms. The van der Waals surface area contributed by atoms with E-state index in [9.17, 15) is 22.8 Å². The number of aromatic nitrogens is 1. The minimum atomic E-state index is -1.12. The van der Waals surface area contributed by atoms with Crippen molar-refractivity contribution in [3.63, 3.8) is 0 Å². The van der Waals surface area contributed by atoms with Gasteiger partial charge in [0.15, 0.2) is 11.6 Å². The average molecular weight is 483 g/mol. The first kappa shape index (κ1) is 24.3. The van der Waals surface area contributed by atoms with Crippen molar-refractivity contribution in [3.8, 4) is 11.1 Å². The second kappa shape index (κ2) is 10.6. The summed E-state index contributed by atoms with van der Waals surface area (Å²) in [5.41, 5.74) is 1.19. The molecular formula is C26H24F3N3O3. The molecular weight excluding hydrogens is 459 g/mol. The van der Waals surface area contributed by atoms with Crippen molar-refractivity contribution in [1.29, 1.82) is 0 Å². The van der Waals surface area contributed by atoms with Crippen molar-refractivity contribution in [2.24, 2.45) is 0 Å². The normalized spacial score (nSPS) is 15.3. The number of rotatable bonds is 8. The SMILES string of the molecule is CC(=O)NC[C@H]1CN(c2ccc(-c3ccc(CCCc4ccncc4)c(F)c3F)c(F)c2)C(=O)O1. The van der Waals surface area contributed by atoms with Crippen LogP contribution in [0.15, 0.2) is 54.9 Å². The van der Waals surface area contributed by atoms with Gasteiger partial charge in [-0.2, -0.15) is 0 Å². The van der Waals surface area contributed by atoms with Crippen LogP contribution in [-0.4, -0.2) is 36.2 Å². The minimum Gasteiger partial charge on any atom is -0.442 e. The fourth-order valence-electron chi connectivity index (χ4n) is 4.01. The summed E-state index contributed by atoms with van der Waals surface area (Å²) in [6.07, 6.45) is 3.77. The van der Waals surface area contributed by atoms with Gasteiger partial charge >= 0.3 is 6.09 Å². The molecule has 1 saturated heterocycles. The molecule has 0 aliphatic carbocycles. The zero-order chi connectivity index (χ0) is 24.9. The molecule has 1 N–H and O–H groups in total. The molecule has 0 radical (unpaired) electrons. The van der Waals surface area contributed by atoms with Crippen molar-refractivity contribution in [3.05, 3.63) is 83.4 Å². The fraction of sp³-hybridized carbons (Fsp3) is 0.269. The molecule has 4 rings (SSSR count). The second-order valence-corrected chi connectivity index (χ2v) is 8.33. The van der Waals surface area contributed by atoms with Crippen LogP contribution in [0.5, 0.6) is 0 Å². The van der Waals surface area contributed by atoms with Gasteiger partial charge in [0.1, 0.15) is 11.9 Å². The molecule has 0 spiro atoms. The molecule has 0 saturated carbocycles. The Morgan fingerprint density at radius 1 is 1.06 bits per heavy atom. The quantitative estimate of drug-likeness (QED) is 0.500. The largest absolute Gasteiger partial charge is 0.442 e. The van der Waals surface area contributed by atoms with Crippen LogP contribution < -0.4 is 10.2 Å². The molecule has 3 aromatic rings. The number of nitrogens with one attached hydrogen (secondary N) is 1. The number of halogens is 3. The number of hydrogen-bond acceptors (Lipinski definition) is 4. The van der Waals surface area contributed by atoms with E-state index in [1.165, 1.54) is 36.1 Å². The predicted octanol–water partition coefficient (Wildman–Crippen LogP) is 4.80. The third kappa shape index (κ3) is 5.62. The van der Waals surface area contributed by atoms with Gasteiger partial charge in [-0.3, -0.25) is 14.7 Å². The van der Waals surface area contributed by atoms with E-state index in [4.69, 9.17) is 4.74 Å². The number of benzene rings is 2. The van der Waals surface area contributed by atoms with Gasteiger partial charge < -0.3 is 10.1 Å². The lowest BCUT2D eigenvalue weighted by Crippen LogP contribution is -2.33. The molecule has 1 aliphatic rings. The number of aryl methyl sites for hydroxylation is 2. The molecule has 1 fully saturated rings. The van der Waals surface area contributed by atoms with Crippen LogP contribution in [0.3, 0.4) is 0 Å². The molecule has 2 amide bonds. The zero-order valence-corrected chi connectivity index (χ0v) is 19.1. The smallest absolute Gasteiger partial charge is 0.414 e. The summed E-state index contributed by atoms with van der Waals surface area (Å²) in [6.45, 7) is 1.60. The molecule has 35 heavy (non-hydrogen) atoms. The molecule has 1 aliphatic heterocycles. The number of cyclic esters (lactones) is 1. The summed E-state index contributed by atoms with van der Waals surface area (Å²) in [7, 11) is 0. The number of carbonyl (C=O) groups is 2. The Kier molecular flexibility index (Phi) is 7.33. The first-order valence-electron chi connectivity index (χ1n) is 11.2. The number of carbonyl (C=O) groups excluding carboxylic acids is 2. The monoisotopic (exact) mass is 483 g/mol. The van der Waals surface area contributed by atoms with Crippen LogP contribution in [0.4, 0.5) is 23.7 Å². The highest BCUT2D eigenvalue weighted by Gasteiger charge is 2.33. The Morgan fingerprint density at radius 2 is 1.80 bits per heavy atom. The molecule has 2 aromatic carbocycles. The molecule has 0 unspecified atom stereocenters. The number of hydrogen-bond donors (Lipinski definition) is 1. The van der Waals surface area contributed by atoms with Crippen LogP contribution in [0, 0.1) is 17.5 Å². The number of nitrogens with zero attached hydrogens (tertiary/aromatic N) is 2. The third-order valence-corrected chi connectivity index (χ3v) is 5.83. The van der Waals surface area contributed by atoms with E-state index in [0.717, 1.165) is 11.6 Å².